The van der Waals surface area contributed by atoms with Crippen molar-refractivity contribution in [3.8, 4) is 0 Å². The fourth-order valence-electron chi connectivity index (χ4n) is 2.20. The summed E-state index contributed by atoms with van der Waals surface area (Å²) in [6.45, 7) is 17.4. The standard InChI is InChI=1S/C21H21NO2.2C2H6/c1-4-7-11-17(9-5-2)19-13-14-20(24-19)21(23)22-18-12-8-10-16(6-3)15-18;2*1-2/h4-5,7-15H,1-2,6H2,3H3,(H,22,23);2*1-2H3/b11-7-,17-9+;;. The largest absolute Gasteiger partial charge is 0.451 e. The van der Waals surface area contributed by atoms with Gasteiger partial charge < -0.3 is 9.73 Å². The number of hydrogen-bond acceptors (Lipinski definition) is 2. The van der Waals surface area contributed by atoms with Crippen LogP contribution in [-0.2, 0) is 6.42 Å². The summed E-state index contributed by atoms with van der Waals surface area (Å²) in [4.78, 5) is 12.3. The van der Waals surface area contributed by atoms with E-state index in [0.717, 1.165) is 17.7 Å². The maximum Gasteiger partial charge on any atom is 0.291 e. The third kappa shape index (κ3) is 8.09. The molecule has 0 aliphatic heterocycles. The molecule has 0 atom stereocenters. The van der Waals surface area contributed by atoms with Gasteiger partial charge in [0, 0.05) is 11.3 Å². The zero-order valence-electron chi connectivity index (χ0n) is 17.8. The zero-order valence-corrected chi connectivity index (χ0v) is 17.8. The van der Waals surface area contributed by atoms with Crippen LogP contribution in [0.1, 0.15) is 56.5 Å². The molecule has 3 heteroatoms. The number of amides is 1. The third-order valence-corrected chi connectivity index (χ3v) is 3.42. The lowest BCUT2D eigenvalue weighted by molar-refractivity contribution is 0.0996. The summed E-state index contributed by atoms with van der Waals surface area (Å²) in [5.41, 5.74) is 2.74. The molecule has 2 rings (SSSR count). The Balaban J connectivity index is 0.00000171. The van der Waals surface area contributed by atoms with Crippen molar-refractivity contribution in [1.29, 1.82) is 0 Å². The Kier molecular flexibility index (Phi) is 13.4. The molecule has 0 aliphatic rings. The van der Waals surface area contributed by atoms with E-state index >= 15 is 0 Å². The Hall–Kier alpha value is -3.07. The molecule has 1 heterocycles. The van der Waals surface area contributed by atoms with Crippen LogP contribution >= 0.6 is 0 Å². The second kappa shape index (κ2) is 15.0. The highest BCUT2D eigenvalue weighted by molar-refractivity contribution is 6.02. The molecule has 150 valence electrons. The van der Waals surface area contributed by atoms with Crippen LogP contribution in [0.15, 0.2) is 84.4 Å². The molecule has 0 spiro atoms. The minimum absolute atomic E-state index is 0.258. The van der Waals surface area contributed by atoms with Crippen molar-refractivity contribution < 1.29 is 9.21 Å². The summed E-state index contributed by atoms with van der Waals surface area (Å²) >= 11 is 0. The van der Waals surface area contributed by atoms with Gasteiger partial charge in [0.25, 0.3) is 5.91 Å². The summed E-state index contributed by atoms with van der Waals surface area (Å²) in [6, 6.07) is 11.2. The molecule has 1 aromatic carbocycles. The summed E-state index contributed by atoms with van der Waals surface area (Å²) in [5, 5.41) is 2.85. The summed E-state index contributed by atoms with van der Waals surface area (Å²) in [6.07, 6.45) is 9.72. The lowest BCUT2D eigenvalue weighted by Gasteiger charge is -2.05. The van der Waals surface area contributed by atoms with Crippen molar-refractivity contribution in [3.05, 3.63) is 97.0 Å². The fraction of sp³-hybridized carbons (Fsp3) is 0.240. The monoisotopic (exact) mass is 379 g/mol. The van der Waals surface area contributed by atoms with Gasteiger partial charge in [-0.15, -0.1) is 0 Å². The first-order valence-corrected chi connectivity index (χ1v) is 9.80. The van der Waals surface area contributed by atoms with Gasteiger partial charge in [-0.1, -0.05) is 90.3 Å². The van der Waals surface area contributed by atoms with Crippen LogP contribution in [0.3, 0.4) is 0 Å². The molecule has 28 heavy (non-hydrogen) atoms. The van der Waals surface area contributed by atoms with Gasteiger partial charge in [0.2, 0.25) is 0 Å². The Morgan fingerprint density at radius 2 is 1.71 bits per heavy atom. The third-order valence-electron chi connectivity index (χ3n) is 3.42. The molecule has 0 bridgehead atoms. The maximum absolute atomic E-state index is 12.3. The second-order valence-corrected chi connectivity index (χ2v) is 5.12. The minimum Gasteiger partial charge on any atom is -0.451 e. The van der Waals surface area contributed by atoms with Gasteiger partial charge in [0.15, 0.2) is 5.76 Å². The number of rotatable bonds is 7. The van der Waals surface area contributed by atoms with Crippen LogP contribution in [0.25, 0.3) is 5.57 Å². The summed E-state index contributed by atoms with van der Waals surface area (Å²) < 4.78 is 5.67. The Bertz CT molecular complexity index is 794. The van der Waals surface area contributed by atoms with Gasteiger partial charge in [-0.2, -0.15) is 0 Å². The molecular formula is C25H33NO2. The van der Waals surface area contributed by atoms with Crippen molar-refractivity contribution in [2.24, 2.45) is 0 Å². The number of carbonyl (C=O) groups excluding carboxylic acids is 1. The SMILES string of the molecule is C=C/C=C\C(=C/C=C)c1ccc(C(=O)Nc2cccc(CC)c2)o1.CC.CC. The van der Waals surface area contributed by atoms with Crippen LogP contribution in [0.2, 0.25) is 0 Å². The molecule has 0 saturated carbocycles. The van der Waals surface area contributed by atoms with E-state index in [-0.39, 0.29) is 11.7 Å². The number of carbonyl (C=O) groups is 1. The number of hydrogen-bond donors (Lipinski definition) is 1. The molecule has 2 aromatic rings. The smallest absolute Gasteiger partial charge is 0.291 e. The lowest BCUT2D eigenvalue weighted by atomic mass is 10.1. The molecule has 0 unspecified atom stereocenters. The predicted octanol–water partition coefficient (Wildman–Crippen LogP) is 7.46. The number of anilines is 1. The first-order valence-electron chi connectivity index (χ1n) is 9.80. The second-order valence-electron chi connectivity index (χ2n) is 5.12. The first-order chi connectivity index (χ1) is 13.7. The number of aryl methyl sites for hydroxylation is 1. The average Bonchev–Trinajstić information content (AvgIpc) is 3.24. The van der Waals surface area contributed by atoms with Gasteiger partial charge in [-0.05, 0) is 36.2 Å². The normalized spacial score (nSPS) is 10.2. The zero-order chi connectivity index (χ0) is 21.4. The molecule has 3 nitrogen and oxygen atoms in total. The molecule has 1 N–H and O–H groups in total. The predicted molar refractivity (Wildman–Crippen MR) is 123 cm³/mol. The van der Waals surface area contributed by atoms with E-state index in [4.69, 9.17) is 4.42 Å². The van der Waals surface area contributed by atoms with Crippen LogP contribution in [0, 0.1) is 0 Å². The number of furan rings is 1. The molecule has 0 radical (unpaired) electrons. The number of benzene rings is 1. The van der Waals surface area contributed by atoms with Gasteiger partial charge in [-0.25, -0.2) is 0 Å². The number of allylic oxidation sites excluding steroid dienone is 6. The molecule has 0 saturated heterocycles. The van der Waals surface area contributed by atoms with E-state index in [9.17, 15) is 4.79 Å². The van der Waals surface area contributed by atoms with Crippen molar-refractivity contribution >= 4 is 17.2 Å². The van der Waals surface area contributed by atoms with Crippen LogP contribution < -0.4 is 5.32 Å². The number of nitrogens with one attached hydrogen (secondary N) is 1. The van der Waals surface area contributed by atoms with E-state index in [2.05, 4.69) is 25.4 Å². The Morgan fingerprint density at radius 1 is 1.04 bits per heavy atom. The lowest BCUT2D eigenvalue weighted by Crippen LogP contribution is -2.10. The molecular weight excluding hydrogens is 346 g/mol. The van der Waals surface area contributed by atoms with Crippen molar-refractivity contribution in [3.63, 3.8) is 0 Å². The van der Waals surface area contributed by atoms with E-state index < -0.39 is 0 Å². The van der Waals surface area contributed by atoms with Gasteiger partial charge in [0.1, 0.15) is 5.76 Å². The minimum atomic E-state index is -0.278. The van der Waals surface area contributed by atoms with Crippen LogP contribution in [-0.4, -0.2) is 5.91 Å². The average molecular weight is 380 g/mol. The Morgan fingerprint density at radius 3 is 2.32 bits per heavy atom. The summed E-state index contributed by atoms with van der Waals surface area (Å²) in [5.74, 6) is 0.578. The van der Waals surface area contributed by atoms with Crippen molar-refractivity contribution in [1.82, 2.24) is 0 Å². The van der Waals surface area contributed by atoms with E-state index in [0.29, 0.717) is 5.76 Å². The molecule has 1 amide bonds. The molecule has 0 aliphatic carbocycles. The van der Waals surface area contributed by atoms with Crippen LogP contribution in [0.5, 0.6) is 0 Å². The summed E-state index contributed by atoms with van der Waals surface area (Å²) in [7, 11) is 0. The molecule has 1 aromatic heterocycles. The van der Waals surface area contributed by atoms with E-state index in [1.54, 1.807) is 30.4 Å². The van der Waals surface area contributed by atoms with E-state index in [1.165, 1.54) is 5.56 Å². The highest BCUT2D eigenvalue weighted by atomic mass is 16.3. The topological polar surface area (TPSA) is 42.2 Å². The highest BCUT2D eigenvalue weighted by Crippen LogP contribution is 2.21. The quantitative estimate of drug-likeness (QED) is 0.507. The maximum atomic E-state index is 12.3. The van der Waals surface area contributed by atoms with Crippen molar-refractivity contribution in [2.75, 3.05) is 5.32 Å². The van der Waals surface area contributed by atoms with E-state index in [1.807, 2.05) is 64.1 Å². The van der Waals surface area contributed by atoms with Gasteiger partial charge in [0.05, 0.1) is 0 Å². The fourth-order valence-corrected chi connectivity index (χ4v) is 2.20. The van der Waals surface area contributed by atoms with Gasteiger partial charge in [-0.3, -0.25) is 4.79 Å². The highest BCUT2D eigenvalue weighted by Gasteiger charge is 2.13. The molecule has 0 fully saturated rings. The first kappa shape index (κ1) is 24.9. The van der Waals surface area contributed by atoms with Gasteiger partial charge >= 0.3 is 0 Å². The van der Waals surface area contributed by atoms with Crippen LogP contribution in [0.4, 0.5) is 5.69 Å². The van der Waals surface area contributed by atoms with Crippen molar-refractivity contribution in [2.45, 2.75) is 41.0 Å². The Labute approximate surface area is 170 Å².